The summed E-state index contributed by atoms with van der Waals surface area (Å²) in [6.07, 6.45) is 0. The zero-order valence-corrected chi connectivity index (χ0v) is 16.9. The lowest BCUT2D eigenvalue weighted by molar-refractivity contribution is 0.0938. The Morgan fingerprint density at radius 2 is 1.76 bits per heavy atom. The molecule has 1 amide bonds. The molecular weight excluding hydrogens is 391 g/mol. The molecule has 0 aromatic heterocycles. The first kappa shape index (κ1) is 22.4. The number of hydrogen-bond acceptors (Lipinski definition) is 3. The molecule has 29 heavy (non-hydrogen) atoms. The number of carbonyl (C=O) groups excluding carboxylic acids is 1. The number of nitrogens with two attached hydrogens (primary N) is 1. The zero-order chi connectivity index (χ0) is 19.9. The van der Waals surface area contributed by atoms with E-state index in [4.69, 9.17) is 10.5 Å². The summed E-state index contributed by atoms with van der Waals surface area (Å²) in [5.41, 5.74) is 8.89. The van der Waals surface area contributed by atoms with E-state index < -0.39 is 5.82 Å². The fourth-order valence-electron chi connectivity index (χ4n) is 2.99. The minimum atomic E-state index is -0.409. The topological polar surface area (TPSA) is 64.3 Å². The minimum Gasteiger partial charge on any atom is -0.491 e. The number of ether oxygens (including phenoxy) is 1. The third-order valence-electron chi connectivity index (χ3n) is 4.43. The van der Waals surface area contributed by atoms with Crippen molar-refractivity contribution in [2.75, 3.05) is 13.2 Å². The molecule has 0 radical (unpaired) electrons. The van der Waals surface area contributed by atoms with E-state index in [1.54, 1.807) is 37.3 Å². The van der Waals surface area contributed by atoms with Gasteiger partial charge in [-0.1, -0.05) is 48.5 Å². The highest BCUT2D eigenvalue weighted by molar-refractivity contribution is 5.95. The number of benzene rings is 3. The highest BCUT2D eigenvalue weighted by Crippen LogP contribution is 2.27. The molecule has 1 atom stereocenters. The van der Waals surface area contributed by atoms with Gasteiger partial charge in [-0.3, -0.25) is 4.79 Å². The van der Waals surface area contributed by atoms with Crippen molar-refractivity contribution >= 4 is 18.3 Å². The van der Waals surface area contributed by atoms with Crippen molar-refractivity contribution in [2.24, 2.45) is 5.73 Å². The van der Waals surface area contributed by atoms with Gasteiger partial charge >= 0.3 is 0 Å². The first-order valence-corrected chi connectivity index (χ1v) is 9.21. The van der Waals surface area contributed by atoms with Crippen molar-refractivity contribution in [3.8, 4) is 16.9 Å². The third kappa shape index (κ3) is 5.56. The van der Waals surface area contributed by atoms with Crippen LogP contribution in [0.3, 0.4) is 0 Å². The van der Waals surface area contributed by atoms with Gasteiger partial charge in [-0.25, -0.2) is 4.39 Å². The predicted molar refractivity (Wildman–Crippen MR) is 116 cm³/mol. The van der Waals surface area contributed by atoms with Crippen molar-refractivity contribution in [1.29, 1.82) is 0 Å². The summed E-state index contributed by atoms with van der Waals surface area (Å²) in [5.74, 6) is -0.427. The normalized spacial score (nSPS) is 11.3. The first-order chi connectivity index (χ1) is 13.6. The molecule has 3 aromatic rings. The third-order valence-corrected chi connectivity index (χ3v) is 4.43. The van der Waals surface area contributed by atoms with Gasteiger partial charge in [0.15, 0.2) is 11.6 Å². The van der Waals surface area contributed by atoms with Crippen molar-refractivity contribution in [1.82, 2.24) is 5.32 Å². The molecule has 0 aliphatic rings. The number of hydrogen-bond donors (Lipinski definition) is 2. The lowest BCUT2D eigenvalue weighted by atomic mass is 10.0. The quantitative estimate of drug-likeness (QED) is 0.586. The molecular formula is C23H24ClFN2O2. The molecule has 0 unspecified atom stereocenters. The van der Waals surface area contributed by atoms with E-state index in [1.807, 2.05) is 36.4 Å². The monoisotopic (exact) mass is 414 g/mol. The van der Waals surface area contributed by atoms with Gasteiger partial charge in [0, 0.05) is 12.1 Å². The van der Waals surface area contributed by atoms with Crippen LogP contribution in [-0.4, -0.2) is 19.1 Å². The van der Waals surface area contributed by atoms with Crippen molar-refractivity contribution in [2.45, 2.75) is 13.0 Å². The second-order valence-corrected chi connectivity index (χ2v) is 6.33. The van der Waals surface area contributed by atoms with Crippen molar-refractivity contribution in [3.05, 3.63) is 89.7 Å². The van der Waals surface area contributed by atoms with Gasteiger partial charge in [0.2, 0.25) is 0 Å². The fourth-order valence-corrected chi connectivity index (χ4v) is 2.99. The summed E-state index contributed by atoms with van der Waals surface area (Å²) in [7, 11) is 0. The lowest BCUT2D eigenvalue weighted by Crippen LogP contribution is -2.33. The Balaban J connectivity index is 0.00000300. The number of nitrogens with one attached hydrogen (secondary N) is 1. The van der Waals surface area contributed by atoms with E-state index in [0.29, 0.717) is 18.7 Å². The second kappa shape index (κ2) is 10.6. The molecule has 3 aromatic carbocycles. The molecule has 0 bridgehead atoms. The van der Waals surface area contributed by atoms with E-state index in [2.05, 4.69) is 5.32 Å². The number of rotatable bonds is 7. The number of halogens is 2. The summed E-state index contributed by atoms with van der Waals surface area (Å²) in [6.45, 7) is 2.48. The van der Waals surface area contributed by atoms with Gasteiger partial charge in [0.1, 0.15) is 0 Å². The largest absolute Gasteiger partial charge is 0.491 e. The van der Waals surface area contributed by atoms with Crippen LogP contribution in [-0.2, 0) is 0 Å². The van der Waals surface area contributed by atoms with Gasteiger partial charge in [-0.15, -0.1) is 12.4 Å². The highest BCUT2D eigenvalue weighted by atomic mass is 35.5. The summed E-state index contributed by atoms with van der Waals surface area (Å²) >= 11 is 0. The zero-order valence-electron chi connectivity index (χ0n) is 16.1. The maximum Gasteiger partial charge on any atom is 0.251 e. The molecule has 0 aliphatic carbocycles. The average molecular weight is 415 g/mol. The minimum absolute atomic E-state index is 0. The second-order valence-electron chi connectivity index (χ2n) is 6.33. The molecule has 3 rings (SSSR count). The van der Waals surface area contributed by atoms with E-state index in [0.717, 1.165) is 16.7 Å². The van der Waals surface area contributed by atoms with Crippen LogP contribution in [0.1, 0.15) is 28.9 Å². The summed E-state index contributed by atoms with van der Waals surface area (Å²) in [4.78, 5) is 12.7. The lowest BCUT2D eigenvalue weighted by Gasteiger charge is -2.17. The van der Waals surface area contributed by atoms with E-state index in [9.17, 15) is 9.18 Å². The predicted octanol–water partition coefficient (Wildman–Crippen LogP) is 4.74. The Hall–Kier alpha value is -2.89. The fraction of sp³-hybridized carbons (Fsp3) is 0.174. The van der Waals surface area contributed by atoms with E-state index in [1.165, 1.54) is 6.07 Å². The van der Waals surface area contributed by atoms with Gasteiger partial charge < -0.3 is 15.8 Å². The maximum absolute atomic E-state index is 13.8. The summed E-state index contributed by atoms with van der Waals surface area (Å²) in [5, 5.41) is 2.97. The molecule has 0 aliphatic heterocycles. The van der Waals surface area contributed by atoms with Gasteiger partial charge in [0.25, 0.3) is 5.91 Å². The highest BCUT2D eigenvalue weighted by Gasteiger charge is 2.15. The molecule has 0 saturated carbocycles. The van der Waals surface area contributed by atoms with Gasteiger partial charge in [-0.2, -0.15) is 0 Å². The van der Waals surface area contributed by atoms with Crippen LogP contribution >= 0.6 is 12.4 Å². The van der Waals surface area contributed by atoms with Crippen LogP contribution in [0.25, 0.3) is 11.1 Å². The Labute approximate surface area is 176 Å². The summed E-state index contributed by atoms with van der Waals surface area (Å²) < 4.78 is 19.1. The molecule has 0 heterocycles. The average Bonchev–Trinajstić information content (AvgIpc) is 2.74. The van der Waals surface area contributed by atoms with Crippen LogP contribution in [0.15, 0.2) is 72.8 Å². The molecule has 152 valence electrons. The van der Waals surface area contributed by atoms with E-state index >= 15 is 0 Å². The first-order valence-electron chi connectivity index (χ1n) is 9.21. The SMILES string of the molecule is CCOc1cc(-c2cccc(C(=O)N[C@@H](CN)c3ccccc3)c2)ccc1F.Cl. The Morgan fingerprint density at radius 1 is 1.03 bits per heavy atom. The Kier molecular flexibility index (Phi) is 8.19. The molecule has 4 nitrogen and oxygen atoms in total. The van der Waals surface area contributed by atoms with Crippen LogP contribution in [0.4, 0.5) is 4.39 Å². The smallest absolute Gasteiger partial charge is 0.251 e. The molecule has 6 heteroatoms. The van der Waals surface area contributed by atoms with E-state index in [-0.39, 0.29) is 30.1 Å². The number of carbonyl (C=O) groups is 1. The van der Waals surface area contributed by atoms with Crippen molar-refractivity contribution < 1.29 is 13.9 Å². The van der Waals surface area contributed by atoms with Crippen LogP contribution in [0, 0.1) is 5.82 Å². The molecule has 0 saturated heterocycles. The summed E-state index contributed by atoms with van der Waals surface area (Å²) in [6, 6.07) is 21.2. The van der Waals surface area contributed by atoms with Crippen molar-refractivity contribution in [3.63, 3.8) is 0 Å². The Bertz CT molecular complexity index is 951. The van der Waals surface area contributed by atoms with Crippen LogP contribution in [0.2, 0.25) is 0 Å². The Morgan fingerprint density at radius 3 is 2.45 bits per heavy atom. The van der Waals surface area contributed by atoms with Crippen LogP contribution < -0.4 is 15.8 Å². The van der Waals surface area contributed by atoms with Gasteiger partial charge in [-0.05, 0) is 47.9 Å². The molecule has 0 fully saturated rings. The molecule has 0 spiro atoms. The van der Waals surface area contributed by atoms with Crippen LogP contribution in [0.5, 0.6) is 5.75 Å². The maximum atomic E-state index is 13.8. The van der Waals surface area contributed by atoms with Gasteiger partial charge in [0.05, 0.1) is 12.6 Å². The standard InChI is InChI=1S/C23H23FN2O2.ClH/c1-2-28-22-14-18(11-12-20(22)24)17-9-6-10-19(13-17)23(27)26-21(15-25)16-7-4-3-5-8-16;/h3-14,21H,2,15,25H2,1H3,(H,26,27);1H/t21-;/m0./s1. The molecule has 3 N–H and O–H groups in total. The number of amides is 1.